The molecule has 0 bridgehead atoms. The molecule has 1 N–H and O–H groups in total. The Kier molecular flexibility index (Phi) is 7.77. The van der Waals surface area contributed by atoms with Crippen molar-refractivity contribution in [2.45, 2.75) is 25.2 Å². The number of carbonyl (C=O) groups is 1. The van der Waals surface area contributed by atoms with Gasteiger partial charge >= 0.3 is 6.18 Å². The van der Waals surface area contributed by atoms with Gasteiger partial charge in [-0.25, -0.2) is 4.99 Å². The fraction of sp³-hybridized carbons (Fsp3) is 0.619. The average Bonchev–Trinajstić information content (AvgIpc) is 3.24. The monoisotopic (exact) mass is 441 g/mol. The summed E-state index contributed by atoms with van der Waals surface area (Å²) in [6.07, 6.45) is -3.43. The zero-order valence-electron chi connectivity index (χ0n) is 18.0. The molecule has 7 nitrogen and oxygen atoms in total. The summed E-state index contributed by atoms with van der Waals surface area (Å²) in [6, 6.07) is 5.55. The van der Waals surface area contributed by atoms with Crippen molar-refractivity contribution in [3.8, 4) is 0 Å². The number of alkyl halides is 3. The normalized spacial score (nSPS) is 20.7. The second-order valence-corrected chi connectivity index (χ2v) is 8.02. The number of morpholine rings is 1. The van der Waals surface area contributed by atoms with Crippen molar-refractivity contribution in [1.29, 1.82) is 0 Å². The third-order valence-corrected chi connectivity index (χ3v) is 5.59. The number of benzene rings is 1. The lowest BCUT2D eigenvalue weighted by Gasteiger charge is -2.32. The molecule has 1 amide bonds. The Morgan fingerprint density at radius 1 is 1.26 bits per heavy atom. The summed E-state index contributed by atoms with van der Waals surface area (Å²) in [6.45, 7) is 4.93. The van der Waals surface area contributed by atoms with Crippen molar-refractivity contribution < 1.29 is 22.7 Å². The molecule has 0 saturated carbocycles. The lowest BCUT2D eigenvalue weighted by Crippen LogP contribution is -2.48. The Morgan fingerprint density at radius 3 is 2.68 bits per heavy atom. The van der Waals surface area contributed by atoms with Crippen LogP contribution >= 0.6 is 0 Å². The van der Waals surface area contributed by atoms with Crippen LogP contribution in [0.3, 0.4) is 0 Å². The van der Waals surface area contributed by atoms with E-state index in [-0.39, 0.29) is 19.0 Å². The average molecular weight is 441 g/mol. The third kappa shape index (κ3) is 6.57. The van der Waals surface area contributed by atoms with E-state index in [0.29, 0.717) is 17.6 Å². The van der Waals surface area contributed by atoms with Crippen LogP contribution < -0.4 is 5.32 Å². The molecular weight excluding hydrogens is 411 g/mol. The smallest absolute Gasteiger partial charge is 0.379 e. The molecule has 0 aliphatic carbocycles. The first-order valence-electron chi connectivity index (χ1n) is 10.5. The highest BCUT2D eigenvalue weighted by Gasteiger charge is 2.31. The van der Waals surface area contributed by atoms with E-state index in [1.54, 1.807) is 20.2 Å². The molecular formula is C21H30F3N5O2. The van der Waals surface area contributed by atoms with Gasteiger partial charge in [-0.2, -0.15) is 13.2 Å². The maximum atomic E-state index is 13.0. The highest BCUT2D eigenvalue weighted by Crippen LogP contribution is 2.29. The van der Waals surface area contributed by atoms with Crippen LogP contribution in [0.15, 0.2) is 29.3 Å². The summed E-state index contributed by atoms with van der Waals surface area (Å²) in [5, 5.41) is 3.10. The van der Waals surface area contributed by atoms with Crippen LogP contribution in [-0.2, 0) is 22.3 Å². The van der Waals surface area contributed by atoms with Gasteiger partial charge in [-0.1, -0.05) is 12.1 Å². The second kappa shape index (κ2) is 10.3. The zero-order valence-corrected chi connectivity index (χ0v) is 18.0. The summed E-state index contributed by atoms with van der Waals surface area (Å²) in [5.74, 6) is 0.444. The van der Waals surface area contributed by atoms with Crippen LogP contribution in [0, 0.1) is 0 Å². The standard InChI is InChI=1S/C21H30F3N5O2/c1-27(2)19(30)14-26-20(25-13-16-4-3-5-17(12-16)21(22,23)24)29-7-6-18(15-29)28-8-10-31-11-9-28/h3-5,12,18H,6-11,13-15H2,1-2H3,(H,25,26). The third-order valence-electron chi connectivity index (χ3n) is 5.59. The molecule has 2 saturated heterocycles. The lowest BCUT2D eigenvalue weighted by atomic mass is 10.1. The predicted molar refractivity (Wildman–Crippen MR) is 112 cm³/mol. The van der Waals surface area contributed by atoms with Gasteiger partial charge in [0.05, 0.1) is 31.9 Å². The Labute approximate surface area is 180 Å². The van der Waals surface area contributed by atoms with E-state index >= 15 is 0 Å². The minimum absolute atomic E-state index is 0.0765. The summed E-state index contributed by atoms with van der Waals surface area (Å²) >= 11 is 0. The summed E-state index contributed by atoms with van der Waals surface area (Å²) in [7, 11) is 3.35. The van der Waals surface area contributed by atoms with Gasteiger partial charge in [0.2, 0.25) is 5.91 Å². The number of hydrogen-bond acceptors (Lipinski definition) is 4. The number of likely N-dealkylation sites (N-methyl/N-ethyl adjacent to an activating group) is 1. The molecule has 172 valence electrons. The molecule has 2 aliphatic heterocycles. The van der Waals surface area contributed by atoms with Crippen LogP contribution in [-0.4, -0.2) is 92.6 Å². The van der Waals surface area contributed by atoms with Crippen molar-refractivity contribution in [2.24, 2.45) is 4.99 Å². The molecule has 1 aromatic rings. The molecule has 0 radical (unpaired) electrons. The Hall–Kier alpha value is -2.33. The molecule has 1 aromatic carbocycles. The largest absolute Gasteiger partial charge is 0.416 e. The SMILES string of the molecule is CN(C)C(=O)CNC(=NCc1cccc(C(F)(F)F)c1)N1CCC(N2CCOCC2)C1. The molecule has 1 atom stereocenters. The number of carbonyl (C=O) groups excluding carboxylic acids is 1. The van der Waals surface area contributed by atoms with Gasteiger partial charge in [-0.05, 0) is 24.1 Å². The number of halogens is 3. The Balaban J connectivity index is 1.71. The van der Waals surface area contributed by atoms with Crippen LogP contribution in [0.2, 0.25) is 0 Å². The molecule has 2 fully saturated rings. The molecule has 0 aromatic heterocycles. The number of likely N-dealkylation sites (tertiary alicyclic amines) is 1. The molecule has 10 heteroatoms. The van der Waals surface area contributed by atoms with Gasteiger partial charge in [0.25, 0.3) is 0 Å². The molecule has 0 spiro atoms. The Bertz CT molecular complexity index is 779. The van der Waals surface area contributed by atoms with E-state index < -0.39 is 11.7 Å². The van der Waals surface area contributed by atoms with E-state index in [4.69, 9.17) is 4.74 Å². The van der Waals surface area contributed by atoms with Crippen molar-refractivity contribution >= 4 is 11.9 Å². The number of nitrogens with zero attached hydrogens (tertiary/aromatic N) is 4. The molecule has 2 aliphatic rings. The first-order chi connectivity index (χ1) is 14.7. The minimum atomic E-state index is -4.39. The van der Waals surface area contributed by atoms with Gasteiger partial charge in [-0.3, -0.25) is 9.69 Å². The topological polar surface area (TPSA) is 60.4 Å². The number of amides is 1. The van der Waals surface area contributed by atoms with Crippen molar-refractivity contribution in [2.75, 3.05) is 60.0 Å². The number of guanidine groups is 1. The molecule has 3 rings (SSSR count). The summed E-state index contributed by atoms with van der Waals surface area (Å²) in [5.41, 5.74) is -0.219. The van der Waals surface area contributed by atoms with Crippen LogP contribution in [0.5, 0.6) is 0 Å². The first kappa shape index (κ1) is 23.3. The van der Waals surface area contributed by atoms with E-state index in [2.05, 4.69) is 20.1 Å². The highest BCUT2D eigenvalue weighted by molar-refractivity contribution is 5.86. The highest BCUT2D eigenvalue weighted by atomic mass is 19.4. The minimum Gasteiger partial charge on any atom is -0.379 e. The van der Waals surface area contributed by atoms with Gasteiger partial charge < -0.3 is 19.9 Å². The quantitative estimate of drug-likeness (QED) is 0.556. The number of aliphatic imine (C=N–C) groups is 1. The number of ether oxygens (including phenoxy) is 1. The van der Waals surface area contributed by atoms with Gasteiger partial charge in [0.1, 0.15) is 0 Å². The summed E-state index contributed by atoms with van der Waals surface area (Å²) < 4.78 is 44.4. The van der Waals surface area contributed by atoms with Gasteiger partial charge in [0.15, 0.2) is 5.96 Å². The number of hydrogen-bond donors (Lipinski definition) is 1. The van der Waals surface area contributed by atoms with E-state index in [0.717, 1.165) is 57.9 Å². The predicted octanol–water partition coefficient (Wildman–Crippen LogP) is 1.65. The maximum absolute atomic E-state index is 13.0. The van der Waals surface area contributed by atoms with Gasteiger partial charge in [-0.15, -0.1) is 0 Å². The van der Waals surface area contributed by atoms with E-state index in [1.165, 1.54) is 11.0 Å². The molecule has 2 heterocycles. The van der Waals surface area contributed by atoms with Gasteiger partial charge in [0, 0.05) is 46.3 Å². The second-order valence-electron chi connectivity index (χ2n) is 8.02. The number of rotatable bonds is 5. The molecule has 31 heavy (non-hydrogen) atoms. The summed E-state index contributed by atoms with van der Waals surface area (Å²) in [4.78, 5) is 22.6. The van der Waals surface area contributed by atoms with E-state index in [9.17, 15) is 18.0 Å². The lowest BCUT2D eigenvalue weighted by molar-refractivity contribution is -0.137. The maximum Gasteiger partial charge on any atom is 0.416 e. The number of nitrogens with one attached hydrogen (secondary N) is 1. The first-order valence-corrected chi connectivity index (χ1v) is 10.5. The zero-order chi connectivity index (χ0) is 22.4. The fourth-order valence-electron chi connectivity index (χ4n) is 3.77. The van der Waals surface area contributed by atoms with E-state index in [1.807, 2.05) is 0 Å². The fourth-order valence-corrected chi connectivity index (χ4v) is 3.77. The molecule has 1 unspecified atom stereocenters. The van der Waals surface area contributed by atoms with Crippen LogP contribution in [0.25, 0.3) is 0 Å². The van der Waals surface area contributed by atoms with Crippen molar-refractivity contribution in [1.82, 2.24) is 20.0 Å². The Morgan fingerprint density at radius 2 is 2.00 bits per heavy atom. The van der Waals surface area contributed by atoms with Crippen molar-refractivity contribution in [3.05, 3.63) is 35.4 Å². The van der Waals surface area contributed by atoms with Crippen molar-refractivity contribution in [3.63, 3.8) is 0 Å². The van der Waals surface area contributed by atoms with Crippen LogP contribution in [0.4, 0.5) is 13.2 Å². The van der Waals surface area contributed by atoms with Crippen LogP contribution in [0.1, 0.15) is 17.5 Å².